The maximum absolute atomic E-state index is 12.9. The summed E-state index contributed by atoms with van der Waals surface area (Å²) >= 11 is 0. The van der Waals surface area contributed by atoms with E-state index >= 15 is 0 Å². The molecule has 1 unspecified atom stereocenters. The Balaban J connectivity index is 4.31. The Hall–Kier alpha value is -4.45. The highest BCUT2D eigenvalue weighted by molar-refractivity contribution is 5.71. The van der Waals surface area contributed by atoms with Crippen LogP contribution in [0, 0.1) is 0 Å². The van der Waals surface area contributed by atoms with Crippen LogP contribution in [0.5, 0.6) is 0 Å². The quantitative estimate of drug-likeness (QED) is 0.0261. The minimum atomic E-state index is -0.819. The summed E-state index contributed by atoms with van der Waals surface area (Å²) in [5.41, 5.74) is 0. The molecule has 0 aliphatic heterocycles. The van der Waals surface area contributed by atoms with Crippen LogP contribution in [0.2, 0.25) is 0 Å². The number of carbonyl (C=O) groups is 3. The van der Waals surface area contributed by atoms with Gasteiger partial charge < -0.3 is 14.2 Å². The van der Waals surface area contributed by atoms with Crippen molar-refractivity contribution in [2.75, 3.05) is 13.2 Å². The lowest BCUT2D eigenvalue weighted by atomic mass is 10.0. The van der Waals surface area contributed by atoms with E-state index in [1.54, 1.807) is 0 Å². The van der Waals surface area contributed by atoms with Crippen molar-refractivity contribution in [1.82, 2.24) is 0 Å². The Morgan fingerprint density at radius 1 is 0.280 bits per heavy atom. The van der Waals surface area contributed by atoms with Crippen molar-refractivity contribution in [3.8, 4) is 0 Å². The molecular weight excluding hydrogens is 925 g/mol. The first kappa shape index (κ1) is 70.5. The van der Waals surface area contributed by atoms with Crippen LogP contribution < -0.4 is 0 Å². The SMILES string of the molecule is CC/C=C\C/C=C\C/C=C\C/C=C\C/C=C\CCCCCCCCCCCCCCCC(=O)OCC(COC(=O)CC/C=C\C/C=C\C/C=C\C/C=C\CC)OC(=O)CCCCCCC/C=C\C/C=C\CCCCC. The zero-order valence-electron chi connectivity index (χ0n) is 48.5. The molecule has 0 aliphatic rings. The smallest absolute Gasteiger partial charge is 0.306 e. The predicted molar refractivity (Wildman–Crippen MR) is 325 cm³/mol. The van der Waals surface area contributed by atoms with Crippen LogP contribution in [-0.4, -0.2) is 37.2 Å². The summed E-state index contributed by atoms with van der Waals surface area (Å²) in [6.45, 7) is 6.31. The van der Waals surface area contributed by atoms with E-state index in [9.17, 15) is 14.4 Å². The van der Waals surface area contributed by atoms with E-state index in [0.717, 1.165) is 122 Å². The fourth-order valence-electron chi connectivity index (χ4n) is 8.10. The van der Waals surface area contributed by atoms with Gasteiger partial charge in [-0.2, -0.15) is 0 Å². The molecule has 0 aromatic heterocycles. The molecule has 6 heteroatoms. The van der Waals surface area contributed by atoms with E-state index in [4.69, 9.17) is 14.2 Å². The number of rotatable bonds is 54. The molecule has 0 aromatic rings. The molecule has 0 aromatic carbocycles. The molecule has 0 aliphatic carbocycles. The molecule has 0 bridgehead atoms. The van der Waals surface area contributed by atoms with Gasteiger partial charge >= 0.3 is 17.9 Å². The fraction of sp³-hybridized carbons (Fsp3) is 0.638. The fourth-order valence-corrected chi connectivity index (χ4v) is 8.10. The van der Waals surface area contributed by atoms with E-state index in [1.165, 1.54) is 96.3 Å². The summed E-state index contributed by atoms with van der Waals surface area (Å²) in [5.74, 6) is -1.01. The normalized spacial score (nSPS) is 13.1. The Morgan fingerprint density at radius 2 is 0.547 bits per heavy atom. The Bertz CT molecular complexity index is 1620. The second-order valence-corrected chi connectivity index (χ2v) is 19.8. The summed E-state index contributed by atoms with van der Waals surface area (Å²) in [5, 5.41) is 0. The summed E-state index contributed by atoms with van der Waals surface area (Å²) in [6.07, 6.45) is 87.6. The average molecular weight is 1040 g/mol. The van der Waals surface area contributed by atoms with Gasteiger partial charge in [0.15, 0.2) is 6.10 Å². The van der Waals surface area contributed by atoms with E-state index in [1.807, 2.05) is 6.08 Å². The van der Waals surface area contributed by atoms with Gasteiger partial charge in [-0.25, -0.2) is 0 Å². The molecule has 424 valence electrons. The molecule has 0 rings (SSSR count). The summed E-state index contributed by atoms with van der Waals surface area (Å²) in [6, 6.07) is 0. The first-order valence-electron chi connectivity index (χ1n) is 30.7. The van der Waals surface area contributed by atoms with Crippen LogP contribution in [0.3, 0.4) is 0 Å². The molecule has 0 saturated heterocycles. The molecule has 6 nitrogen and oxygen atoms in total. The third-order valence-corrected chi connectivity index (χ3v) is 12.6. The number of ether oxygens (including phenoxy) is 3. The number of unbranched alkanes of at least 4 members (excludes halogenated alkanes) is 21. The van der Waals surface area contributed by atoms with Gasteiger partial charge in [0.05, 0.1) is 0 Å². The van der Waals surface area contributed by atoms with E-state index in [0.29, 0.717) is 19.3 Å². The molecule has 0 radical (unpaired) electrons. The molecule has 0 N–H and O–H groups in total. The number of allylic oxidation sites excluding steroid dienone is 22. The minimum Gasteiger partial charge on any atom is -0.462 e. The highest BCUT2D eigenvalue weighted by Crippen LogP contribution is 2.15. The topological polar surface area (TPSA) is 78.9 Å². The lowest BCUT2D eigenvalue weighted by molar-refractivity contribution is -0.166. The van der Waals surface area contributed by atoms with Crippen molar-refractivity contribution < 1.29 is 28.6 Å². The number of carbonyl (C=O) groups excluding carboxylic acids is 3. The van der Waals surface area contributed by atoms with Crippen molar-refractivity contribution in [3.63, 3.8) is 0 Å². The lowest BCUT2D eigenvalue weighted by Gasteiger charge is -2.18. The molecule has 0 saturated carbocycles. The highest BCUT2D eigenvalue weighted by Gasteiger charge is 2.19. The molecule has 0 amide bonds. The van der Waals surface area contributed by atoms with Gasteiger partial charge in [0.25, 0.3) is 0 Å². The monoisotopic (exact) mass is 1040 g/mol. The second-order valence-electron chi connectivity index (χ2n) is 19.8. The van der Waals surface area contributed by atoms with E-state index in [2.05, 4.69) is 148 Å². The van der Waals surface area contributed by atoms with Crippen LogP contribution >= 0.6 is 0 Å². The molecule has 1 atom stereocenters. The standard InChI is InChI=1S/C69H112O6/c1-4-7-10-13-16-19-22-25-27-28-29-30-31-32-33-34-35-36-37-38-39-40-42-44-47-50-53-56-59-62-68(71)74-65-66(64-73-67(70)61-58-55-52-49-46-43-24-21-18-15-12-9-6-3)75-69(72)63-60-57-54-51-48-45-41-26-23-20-17-14-11-8-5-2/h7,9-10,12,16-21,25-27,29-30,32-33,41,43,46,52,55,66H,4-6,8,11,13-15,22-24,28,31,34-40,42,44-45,47-51,53-54,56-65H2,1-3H3/b10-7-,12-9-,19-16-,20-17-,21-18-,27-25-,30-29-,33-32-,41-26-,46-43-,55-52-. The van der Waals surface area contributed by atoms with Crippen LogP contribution in [0.25, 0.3) is 0 Å². The predicted octanol–water partition coefficient (Wildman–Crippen LogP) is 21.0. The Kier molecular flexibility index (Phi) is 58.4. The van der Waals surface area contributed by atoms with Crippen molar-refractivity contribution in [3.05, 3.63) is 134 Å². The summed E-state index contributed by atoms with van der Waals surface area (Å²) in [4.78, 5) is 38.2. The zero-order chi connectivity index (χ0) is 54.3. The van der Waals surface area contributed by atoms with Gasteiger partial charge in [-0.05, 0) is 122 Å². The third kappa shape index (κ3) is 60.3. The maximum Gasteiger partial charge on any atom is 0.306 e. The molecular formula is C69H112O6. The van der Waals surface area contributed by atoms with Crippen LogP contribution in [0.15, 0.2) is 134 Å². The number of hydrogen-bond donors (Lipinski definition) is 0. The maximum atomic E-state index is 12.9. The Labute approximate surface area is 462 Å². The summed E-state index contributed by atoms with van der Waals surface area (Å²) < 4.78 is 16.8. The van der Waals surface area contributed by atoms with Crippen LogP contribution in [-0.2, 0) is 28.6 Å². The molecule has 75 heavy (non-hydrogen) atoms. The molecule has 0 heterocycles. The largest absolute Gasteiger partial charge is 0.462 e. The van der Waals surface area contributed by atoms with Crippen molar-refractivity contribution in [2.45, 2.75) is 271 Å². The first-order valence-corrected chi connectivity index (χ1v) is 30.7. The van der Waals surface area contributed by atoms with Crippen LogP contribution in [0.1, 0.15) is 265 Å². The van der Waals surface area contributed by atoms with Crippen LogP contribution in [0.4, 0.5) is 0 Å². The number of esters is 3. The van der Waals surface area contributed by atoms with E-state index in [-0.39, 0.29) is 37.5 Å². The second kappa shape index (κ2) is 62.1. The first-order chi connectivity index (χ1) is 37.0. The lowest BCUT2D eigenvalue weighted by Crippen LogP contribution is -2.30. The van der Waals surface area contributed by atoms with Gasteiger partial charge in [-0.15, -0.1) is 0 Å². The van der Waals surface area contributed by atoms with Gasteiger partial charge in [0.1, 0.15) is 13.2 Å². The Morgan fingerprint density at radius 3 is 0.893 bits per heavy atom. The minimum absolute atomic E-state index is 0.109. The third-order valence-electron chi connectivity index (χ3n) is 12.6. The van der Waals surface area contributed by atoms with Gasteiger partial charge in [0.2, 0.25) is 0 Å². The molecule has 0 spiro atoms. The zero-order valence-corrected chi connectivity index (χ0v) is 48.5. The number of hydrogen-bond acceptors (Lipinski definition) is 6. The van der Waals surface area contributed by atoms with Crippen molar-refractivity contribution in [2.24, 2.45) is 0 Å². The average Bonchev–Trinajstić information content (AvgIpc) is 3.41. The van der Waals surface area contributed by atoms with Crippen molar-refractivity contribution in [1.29, 1.82) is 0 Å². The van der Waals surface area contributed by atoms with Crippen molar-refractivity contribution >= 4 is 17.9 Å². The summed E-state index contributed by atoms with van der Waals surface area (Å²) in [7, 11) is 0. The molecule has 0 fully saturated rings. The van der Waals surface area contributed by atoms with Gasteiger partial charge in [0, 0.05) is 19.3 Å². The van der Waals surface area contributed by atoms with Gasteiger partial charge in [-0.1, -0.05) is 257 Å². The van der Waals surface area contributed by atoms with Gasteiger partial charge in [-0.3, -0.25) is 14.4 Å². The highest BCUT2D eigenvalue weighted by atomic mass is 16.6. The van der Waals surface area contributed by atoms with E-state index < -0.39 is 6.10 Å².